The van der Waals surface area contributed by atoms with Crippen LogP contribution in [0.1, 0.15) is 26.4 Å². The van der Waals surface area contributed by atoms with Gasteiger partial charge in [0.15, 0.2) is 0 Å². The number of nitrogens with one attached hydrogen (secondary N) is 1. The van der Waals surface area contributed by atoms with Crippen molar-refractivity contribution in [3.63, 3.8) is 0 Å². The minimum atomic E-state index is -1.06. The molecule has 0 atom stereocenters. The normalized spacial score (nSPS) is 10.1. The van der Waals surface area contributed by atoms with Crippen molar-refractivity contribution in [3.05, 3.63) is 57.8 Å². The zero-order chi connectivity index (χ0) is 15.4. The Bertz CT molecular complexity index is 686. The van der Waals surface area contributed by atoms with Gasteiger partial charge in [0.1, 0.15) is 5.69 Å². The zero-order valence-electron chi connectivity index (χ0n) is 10.8. The maximum absolute atomic E-state index is 11.1. The molecule has 0 unspecified atom stereocenters. The Morgan fingerprint density at radius 3 is 2.57 bits per heavy atom. The van der Waals surface area contributed by atoms with Crippen LogP contribution in [0.5, 0.6) is 0 Å². The highest BCUT2D eigenvalue weighted by Crippen LogP contribution is 2.21. The molecule has 0 fully saturated rings. The number of primary amides is 1. The predicted octanol–water partition coefficient (Wildman–Crippen LogP) is 2.25. The molecule has 1 aromatic heterocycles. The summed E-state index contributed by atoms with van der Waals surface area (Å²) in [6.45, 7) is 0.481. The summed E-state index contributed by atoms with van der Waals surface area (Å²) >= 11 is 3.28. The first-order chi connectivity index (χ1) is 9.97. The lowest BCUT2D eigenvalue weighted by atomic mass is 10.2. The van der Waals surface area contributed by atoms with Gasteiger partial charge in [-0.2, -0.15) is 0 Å². The first-order valence-electron chi connectivity index (χ1n) is 5.99. The van der Waals surface area contributed by atoms with E-state index in [1.54, 1.807) is 24.3 Å². The van der Waals surface area contributed by atoms with Crippen LogP contribution in [0.3, 0.4) is 0 Å². The second-order valence-corrected chi connectivity index (χ2v) is 5.12. The highest BCUT2D eigenvalue weighted by molar-refractivity contribution is 9.10. The maximum Gasteiger partial charge on any atom is 0.354 e. The lowest BCUT2D eigenvalue weighted by Gasteiger charge is -2.08. The summed E-state index contributed by atoms with van der Waals surface area (Å²) in [6.07, 6.45) is 1.50. The van der Waals surface area contributed by atoms with Gasteiger partial charge in [-0.1, -0.05) is 6.07 Å². The van der Waals surface area contributed by atoms with E-state index in [-0.39, 0.29) is 5.69 Å². The number of carboxylic acids is 1. The first kappa shape index (κ1) is 15.0. The van der Waals surface area contributed by atoms with Gasteiger partial charge in [-0.25, -0.2) is 9.78 Å². The third-order valence-corrected chi connectivity index (χ3v) is 3.43. The minimum Gasteiger partial charge on any atom is -0.477 e. The van der Waals surface area contributed by atoms with Gasteiger partial charge < -0.3 is 16.2 Å². The van der Waals surface area contributed by atoms with Crippen LogP contribution < -0.4 is 11.1 Å². The molecule has 0 radical (unpaired) electrons. The Morgan fingerprint density at radius 1 is 1.29 bits per heavy atom. The molecule has 0 aliphatic carbocycles. The Morgan fingerprint density at radius 2 is 2.05 bits per heavy atom. The molecule has 0 aliphatic rings. The quantitative estimate of drug-likeness (QED) is 0.767. The summed E-state index contributed by atoms with van der Waals surface area (Å²) < 4.78 is 0.611. The molecule has 4 N–H and O–H groups in total. The summed E-state index contributed by atoms with van der Waals surface area (Å²) in [7, 11) is 0. The molecule has 0 saturated heterocycles. The molecule has 2 aromatic rings. The predicted molar refractivity (Wildman–Crippen MR) is 81.2 cm³/mol. The summed E-state index contributed by atoms with van der Waals surface area (Å²) in [6, 6.07) is 8.26. The number of nitrogens with two attached hydrogens (primary N) is 1. The van der Waals surface area contributed by atoms with Crippen molar-refractivity contribution < 1.29 is 14.7 Å². The molecule has 0 spiro atoms. The third-order valence-electron chi connectivity index (χ3n) is 2.78. The smallest absolute Gasteiger partial charge is 0.354 e. The summed E-state index contributed by atoms with van der Waals surface area (Å²) in [5.41, 5.74) is 7.28. The Kier molecular flexibility index (Phi) is 4.54. The number of anilines is 1. The first-order valence-corrected chi connectivity index (χ1v) is 6.78. The fraction of sp³-hybridized carbons (Fsp3) is 0.0714. The van der Waals surface area contributed by atoms with Crippen LogP contribution >= 0.6 is 15.9 Å². The van der Waals surface area contributed by atoms with E-state index in [0.29, 0.717) is 16.6 Å². The van der Waals surface area contributed by atoms with Crippen LogP contribution in [-0.2, 0) is 6.54 Å². The number of hydrogen-bond acceptors (Lipinski definition) is 4. The number of benzene rings is 1. The fourth-order valence-corrected chi connectivity index (χ4v) is 2.26. The molecule has 2 rings (SSSR count). The number of carboxylic acid groups (broad SMARTS) is 1. The second-order valence-electron chi connectivity index (χ2n) is 4.27. The van der Waals surface area contributed by atoms with Gasteiger partial charge in [0.2, 0.25) is 5.91 Å². The molecule has 108 valence electrons. The van der Waals surface area contributed by atoms with Crippen molar-refractivity contribution in [1.29, 1.82) is 0 Å². The molecular formula is C14H12BrN3O3. The lowest BCUT2D eigenvalue weighted by Crippen LogP contribution is -2.11. The van der Waals surface area contributed by atoms with E-state index >= 15 is 0 Å². The van der Waals surface area contributed by atoms with Crippen molar-refractivity contribution in [2.45, 2.75) is 6.54 Å². The number of nitrogens with zero attached hydrogens (tertiary/aromatic N) is 1. The number of pyridine rings is 1. The zero-order valence-corrected chi connectivity index (χ0v) is 12.4. The van der Waals surface area contributed by atoms with Crippen LogP contribution in [0.15, 0.2) is 41.0 Å². The van der Waals surface area contributed by atoms with Gasteiger partial charge in [0.25, 0.3) is 0 Å². The maximum atomic E-state index is 11.1. The average molecular weight is 350 g/mol. The van der Waals surface area contributed by atoms with Crippen LogP contribution in [-0.4, -0.2) is 22.0 Å². The number of rotatable bonds is 5. The Labute approximate surface area is 129 Å². The van der Waals surface area contributed by atoms with E-state index in [9.17, 15) is 9.59 Å². The van der Waals surface area contributed by atoms with Crippen molar-refractivity contribution in [3.8, 4) is 0 Å². The summed E-state index contributed by atoms with van der Waals surface area (Å²) in [4.78, 5) is 25.6. The Hall–Kier alpha value is -2.41. The van der Waals surface area contributed by atoms with Gasteiger partial charge in [0.05, 0.1) is 5.56 Å². The van der Waals surface area contributed by atoms with Gasteiger partial charge in [-0.05, 0) is 45.8 Å². The van der Waals surface area contributed by atoms with Gasteiger partial charge in [-0.15, -0.1) is 0 Å². The van der Waals surface area contributed by atoms with Gasteiger partial charge >= 0.3 is 5.97 Å². The molecule has 0 aliphatic heterocycles. The molecule has 6 nitrogen and oxygen atoms in total. The lowest BCUT2D eigenvalue weighted by molar-refractivity contribution is 0.0690. The van der Waals surface area contributed by atoms with E-state index in [1.165, 1.54) is 12.3 Å². The number of carbonyl (C=O) groups excluding carboxylic acids is 1. The van der Waals surface area contributed by atoms with Crippen molar-refractivity contribution in [2.24, 2.45) is 5.73 Å². The summed E-state index contributed by atoms with van der Waals surface area (Å²) in [5.74, 6) is -1.55. The molecule has 1 heterocycles. The van der Waals surface area contributed by atoms with E-state index in [0.717, 1.165) is 11.3 Å². The highest BCUT2D eigenvalue weighted by atomic mass is 79.9. The fourth-order valence-electron chi connectivity index (χ4n) is 1.68. The standard InChI is InChI=1S/C14H12BrN3O3/c15-11-5-9(2-3-10(11)13(16)19)17-6-8-1-4-12(14(20)21)18-7-8/h1-5,7,17H,6H2,(H2,16,19)(H,20,21). The highest BCUT2D eigenvalue weighted by Gasteiger charge is 2.07. The van der Waals surface area contributed by atoms with Crippen LogP contribution in [0.2, 0.25) is 0 Å². The van der Waals surface area contributed by atoms with E-state index in [4.69, 9.17) is 10.8 Å². The second kappa shape index (κ2) is 6.36. The van der Waals surface area contributed by atoms with E-state index < -0.39 is 11.9 Å². The number of aromatic carboxylic acids is 1. The Balaban J connectivity index is 2.04. The molecule has 21 heavy (non-hydrogen) atoms. The number of amides is 1. The topological polar surface area (TPSA) is 105 Å². The molecule has 7 heteroatoms. The molecular weight excluding hydrogens is 338 g/mol. The number of carbonyl (C=O) groups is 2. The number of halogens is 1. The van der Waals surface area contributed by atoms with Crippen LogP contribution in [0, 0.1) is 0 Å². The van der Waals surface area contributed by atoms with Crippen molar-refractivity contribution in [2.75, 3.05) is 5.32 Å². The van der Waals surface area contributed by atoms with Crippen molar-refractivity contribution >= 4 is 33.5 Å². The van der Waals surface area contributed by atoms with Crippen LogP contribution in [0.25, 0.3) is 0 Å². The molecule has 1 aromatic carbocycles. The summed E-state index contributed by atoms with van der Waals surface area (Å²) in [5, 5.41) is 11.9. The number of aromatic nitrogens is 1. The molecule has 1 amide bonds. The minimum absolute atomic E-state index is 0.00676. The molecule has 0 bridgehead atoms. The number of hydrogen-bond donors (Lipinski definition) is 3. The monoisotopic (exact) mass is 349 g/mol. The third kappa shape index (κ3) is 3.79. The molecule has 0 saturated carbocycles. The largest absolute Gasteiger partial charge is 0.477 e. The van der Waals surface area contributed by atoms with Gasteiger partial charge in [-0.3, -0.25) is 4.79 Å². The SMILES string of the molecule is NC(=O)c1ccc(NCc2ccc(C(=O)O)nc2)cc1Br. The van der Waals surface area contributed by atoms with E-state index in [1.807, 2.05) is 0 Å². The van der Waals surface area contributed by atoms with Gasteiger partial charge in [0, 0.05) is 22.9 Å². The average Bonchev–Trinajstić information content (AvgIpc) is 2.45. The van der Waals surface area contributed by atoms with E-state index in [2.05, 4.69) is 26.2 Å². The van der Waals surface area contributed by atoms with Crippen LogP contribution in [0.4, 0.5) is 5.69 Å². The van der Waals surface area contributed by atoms with Crippen molar-refractivity contribution in [1.82, 2.24) is 4.98 Å².